The molecule has 0 unspecified atom stereocenters. The van der Waals surface area contributed by atoms with Crippen molar-refractivity contribution in [2.24, 2.45) is 5.92 Å². The number of aryl methyl sites for hydroxylation is 1. The molecule has 0 aliphatic rings. The molecule has 0 bridgehead atoms. The fourth-order valence-electron chi connectivity index (χ4n) is 1.14. The Morgan fingerprint density at radius 2 is 2.15 bits per heavy atom. The highest BCUT2D eigenvalue weighted by atomic mass is 14.9. The summed E-state index contributed by atoms with van der Waals surface area (Å²) in [6.45, 7) is 6.10. The summed E-state index contributed by atoms with van der Waals surface area (Å²) in [4.78, 5) is 8.38. The van der Waals surface area contributed by atoms with Crippen molar-refractivity contribution >= 4 is 0 Å². The lowest BCUT2D eigenvalue weighted by Crippen LogP contribution is -2.03. The SMILES string of the molecule is Cc1cc(C#N)nc(CC(C)C)n1. The van der Waals surface area contributed by atoms with Crippen molar-refractivity contribution in [3.63, 3.8) is 0 Å². The quantitative estimate of drug-likeness (QED) is 0.689. The standard InChI is InChI=1S/C10H13N3/c1-7(2)4-10-12-8(3)5-9(6-11)13-10/h5,7H,4H2,1-3H3. The topological polar surface area (TPSA) is 49.6 Å². The van der Waals surface area contributed by atoms with E-state index >= 15 is 0 Å². The van der Waals surface area contributed by atoms with Crippen molar-refractivity contribution in [1.29, 1.82) is 5.26 Å². The molecule has 13 heavy (non-hydrogen) atoms. The predicted molar refractivity (Wildman–Crippen MR) is 50.0 cm³/mol. The van der Waals surface area contributed by atoms with E-state index in [1.807, 2.05) is 13.0 Å². The molecule has 0 atom stereocenters. The molecule has 1 aromatic heterocycles. The largest absolute Gasteiger partial charge is 0.238 e. The van der Waals surface area contributed by atoms with Crippen molar-refractivity contribution in [3.8, 4) is 6.07 Å². The maximum Gasteiger partial charge on any atom is 0.144 e. The predicted octanol–water partition coefficient (Wildman–Crippen LogP) is 1.86. The van der Waals surface area contributed by atoms with Crippen LogP contribution in [0.3, 0.4) is 0 Å². The summed E-state index contributed by atoms with van der Waals surface area (Å²) in [5, 5.41) is 8.68. The zero-order valence-electron chi connectivity index (χ0n) is 8.20. The molecule has 0 N–H and O–H groups in total. The van der Waals surface area contributed by atoms with Crippen molar-refractivity contribution in [2.45, 2.75) is 27.2 Å². The van der Waals surface area contributed by atoms with Crippen LogP contribution in [0, 0.1) is 24.2 Å². The molecule has 68 valence electrons. The third-order valence-electron chi connectivity index (χ3n) is 1.61. The fraction of sp³-hybridized carbons (Fsp3) is 0.500. The van der Waals surface area contributed by atoms with Crippen molar-refractivity contribution in [3.05, 3.63) is 23.3 Å². The van der Waals surface area contributed by atoms with Crippen LogP contribution in [-0.4, -0.2) is 9.97 Å². The summed E-state index contributed by atoms with van der Waals surface area (Å²) in [5.74, 6) is 1.29. The minimum absolute atomic E-state index is 0.461. The van der Waals surface area contributed by atoms with E-state index in [0.717, 1.165) is 17.9 Å². The Morgan fingerprint density at radius 3 is 2.69 bits per heavy atom. The van der Waals surface area contributed by atoms with Gasteiger partial charge >= 0.3 is 0 Å². The maximum absolute atomic E-state index is 8.68. The molecule has 1 heterocycles. The molecule has 0 radical (unpaired) electrons. The Bertz CT molecular complexity index is 337. The molecular weight excluding hydrogens is 162 g/mol. The average molecular weight is 175 g/mol. The smallest absolute Gasteiger partial charge is 0.144 e. The minimum atomic E-state index is 0.461. The fourth-order valence-corrected chi connectivity index (χ4v) is 1.14. The molecule has 0 spiro atoms. The van der Waals surface area contributed by atoms with Crippen molar-refractivity contribution in [2.75, 3.05) is 0 Å². The number of nitrogens with zero attached hydrogens (tertiary/aromatic N) is 3. The number of nitriles is 1. The average Bonchev–Trinajstić information content (AvgIpc) is 2.01. The summed E-state index contributed by atoms with van der Waals surface area (Å²) in [6.07, 6.45) is 0.830. The van der Waals surface area contributed by atoms with Gasteiger partial charge in [-0.15, -0.1) is 0 Å². The van der Waals surface area contributed by atoms with Gasteiger partial charge < -0.3 is 0 Å². The van der Waals surface area contributed by atoms with Gasteiger partial charge in [0.1, 0.15) is 17.6 Å². The molecule has 1 aromatic rings. The Kier molecular flexibility index (Phi) is 2.97. The Labute approximate surface area is 78.5 Å². The summed E-state index contributed by atoms with van der Waals surface area (Å²) < 4.78 is 0. The zero-order valence-corrected chi connectivity index (χ0v) is 8.20. The van der Waals surface area contributed by atoms with Crippen LogP contribution in [0.5, 0.6) is 0 Å². The minimum Gasteiger partial charge on any atom is -0.238 e. The molecule has 0 fully saturated rings. The van der Waals surface area contributed by atoms with E-state index in [1.165, 1.54) is 0 Å². The summed E-state index contributed by atoms with van der Waals surface area (Å²) in [6, 6.07) is 3.73. The van der Waals surface area contributed by atoms with Crippen LogP contribution in [0.4, 0.5) is 0 Å². The zero-order chi connectivity index (χ0) is 9.84. The van der Waals surface area contributed by atoms with Crippen LogP contribution in [-0.2, 0) is 6.42 Å². The second-order valence-corrected chi connectivity index (χ2v) is 3.52. The van der Waals surface area contributed by atoms with Crippen LogP contribution < -0.4 is 0 Å². The Balaban J connectivity index is 2.96. The van der Waals surface area contributed by atoms with Crippen LogP contribution >= 0.6 is 0 Å². The van der Waals surface area contributed by atoms with Gasteiger partial charge in [-0.3, -0.25) is 0 Å². The molecule has 3 nitrogen and oxygen atoms in total. The van der Waals surface area contributed by atoms with Gasteiger partial charge in [0.05, 0.1) is 0 Å². The molecule has 0 aliphatic carbocycles. The van der Waals surface area contributed by atoms with E-state index in [1.54, 1.807) is 6.07 Å². The first kappa shape index (κ1) is 9.66. The molecular formula is C10H13N3. The normalized spacial score (nSPS) is 10.1. The van der Waals surface area contributed by atoms with E-state index in [4.69, 9.17) is 5.26 Å². The first-order valence-electron chi connectivity index (χ1n) is 4.36. The number of aromatic nitrogens is 2. The third kappa shape index (κ3) is 2.83. The maximum atomic E-state index is 8.68. The monoisotopic (exact) mass is 175 g/mol. The molecule has 0 saturated carbocycles. The van der Waals surface area contributed by atoms with Crippen LogP contribution in [0.1, 0.15) is 31.1 Å². The highest BCUT2D eigenvalue weighted by molar-refractivity contribution is 5.22. The van der Waals surface area contributed by atoms with Gasteiger partial charge in [-0.1, -0.05) is 13.8 Å². The van der Waals surface area contributed by atoms with E-state index in [2.05, 4.69) is 23.8 Å². The highest BCUT2D eigenvalue weighted by Gasteiger charge is 2.03. The third-order valence-corrected chi connectivity index (χ3v) is 1.61. The first-order chi connectivity index (χ1) is 6.11. The second kappa shape index (κ2) is 3.99. The molecule has 0 amide bonds. The summed E-state index contributed by atoms with van der Waals surface area (Å²) in [7, 11) is 0. The van der Waals surface area contributed by atoms with Gasteiger partial charge in [0.2, 0.25) is 0 Å². The van der Waals surface area contributed by atoms with Crippen molar-refractivity contribution < 1.29 is 0 Å². The number of hydrogen-bond donors (Lipinski definition) is 0. The van der Waals surface area contributed by atoms with Gasteiger partial charge in [-0.2, -0.15) is 5.26 Å². The van der Waals surface area contributed by atoms with E-state index in [9.17, 15) is 0 Å². The van der Waals surface area contributed by atoms with E-state index in [0.29, 0.717) is 11.6 Å². The van der Waals surface area contributed by atoms with E-state index < -0.39 is 0 Å². The molecule has 1 rings (SSSR count). The first-order valence-corrected chi connectivity index (χ1v) is 4.36. The molecule has 3 heteroatoms. The van der Waals surface area contributed by atoms with Gasteiger partial charge in [0.25, 0.3) is 0 Å². The second-order valence-electron chi connectivity index (χ2n) is 3.52. The van der Waals surface area contributed by atoms with Crippen LogP contribution in [0.15, 0.2) is 6.07 Å². The van der Waals surface area contributed by atoms with E-state index in [-0.39, 0.29) is 0 Å². The molecule has 0 saturated heterocycles. The van der Waals surface area contributed by atoms with Gasteiger partial charge in [-0.25, -0.2) is 9.97 Å². The van der Waals surface area contributed by atoms with Gasteiger partial charge in [-0.05, 0) is 18.9 Å². The van der Waals surface area contributed by atoms with Crippen LogP contribution in [0.25, 0.3) is 0 Å². The van der Waals surface area contributed by atoms with Gasteiger partial charge in [0.15, 0.2) is 0 Å². The Morgan fingerprint density at radius 1 is 1.46 bits per heavy atom. The molecule has 0 aromatic carbocycles. The highest BCUT2D eigenvalue weighted by Crippen LogP contribution is 2.05. The van der Waals surface area contributed by atoms with Crippen molar-refractivity contribution in [1.82, 2.24) is 9.97 Å². The lowest BCUT2D eigenvalue weighted by atomic mass is 10.1. The Hall–Kier alpha value is -1.43. The lowest BCUT2D eigenvalue weighted by Gasteiger charge is -2.03. The van der Waals surface area contributed by atoms with Gasteiger partial charge in [0, 0.05) is 12.1 Å². The summed E-state index contributed by atoms with van der Waals surface area (Å²) in [5.41, 5.74) is 1.32. The number of hydrogen-bond acceptors (Lipinski definition) is 3. The summed E-state index contributed by atoms with van der Waals surface area (Å²) >= 11 is 0. The molecule has 0 aliphatic heterocycles. The van der Waals surface area contributed by atoms with Crippen LogP contribution in [0.2, 0.25) is 0 Å². The lowest BCUT2D eigenvalue weighted by molar-refractivity contribution is 0.618. The number of rotatable bonds is 2.